The largest absolute Gasteiger partial charge is 0.496 e. The molecule has 0 aromatic heterocycles. The summed E-state index contributed by atoms with van der Waals surface area (Å²) in [6, 6.07) is 0.500. The second-order valence-electron chi connectivity index (χ2n) is 11.9. The van der Waals surface area contributed by atoms with Gasteiger partial charge in [-0.2, -0.15) is 0 Å². The number of ether oxygens (including phenoxy) is 1. The Bertz CT molecular complexity index is 811. The summed E-state index contributed by atoms with van der Waals surface area (Å²) >= 11 is 0. The highest BCUT2D eigenvalue weighted by Gasteiger charge is 2.27. The molecule has 1 heterocycles. The van der Waals surface area contributed by atoms with E-state index >= 15 is 0 Å². The molecule has 0 bridgehead atoms. The molecule has 0 atom stereocenters. The molecule has 1 saturated heterocycles. The van der Waals surface area contributed by atoms with Gasteiger partial charge in [-0.1, -0.05) is 87.5 Å². The fourth-order valence-electron chi connectivity index (χ4n) is 3.67. The molecule has 5 nitrogen and oxygen atoms in total. The van der Waals surface area contributed by atoms with Crippen LogP contribution in [0.1, 0.15) is 136 Å². The number of piperidine rings is 1. The van der Waals surface area contributed by atoms with Crippen molar-refractivity contribution >= 4 is 12.2 Å². The Morgan fingerprint density at radius 1 is 1.02 bits per heavy atom. The first-order valence-electron chi connectivity index (χ1n) is 17.1. The second kappa shape index (κ2) is 34.6. The molecule has 0 saturated carbocycles. The third kappa shape index (κ3) is 36.1. The number of hydrogen-bond donors (Lipinski definition) is 0. The number of likely N-dealkylation sites (tertiary alicyclic amines) is 1. The molecule has 1 rings (SSSR count). The fourth-order valence-corrected chi connectivity index (χ4v) is 3.67. The van der Waals surface area contributed by atoms with E-state index in [1.54, 1.807) is 37.8 Å². The van der Waals surface area contributed by atoms with Crippen LogP contribution < -0.4 is 0 Å². The van der Waals surface area contributed by atoms with Crippen LogP contribution in [0.4, 0.5) is 8.78 Å². The number of amides is 1. The molecule has 0 radical (unpaired) electrons. The van der Waals surface area contributed by atoms with Crippen molar-refractivity contribution in [1.29, 1.82) is 0 Å². The van der Waals surface area contributed by atoms with Crippen LogP contribution in [0.15, 0.2) is 47.0 Å². The van der Waals surface area contributed by atoms with Crippen LogP contribution in [-0.2, 0) is 14.3 Å². The van der Waals surface area contributed by atoms with Crippen molar-refractivity contribution in [3.8, 4) is 0 Å². The van der Waals surface area contributed by atoms with Gasteiger partial charge in [-0.25, -0.2) is 4.39 Å². The van der Waals surface area contributed by atoms with Gasteiger partial charge in [0, 0.05) is 25.2 Å². The zero-order chi connectivity index (χ0) is 36.6. The van der Waals surface area contributed by atoms with E-state index in [1.165, 1.54) is 13.0 Å². The summed E-state index contributed by atoms with van der Waals surface area (Å²) in [6.45, 7) is 33.6. The number of hydrogen-bond acceptors (Lipinski definition) is 4. The Morgan fingerprint density at radius 3 is 1.78 bits per heavy atom. The van der Waals surface area contributed by atoms with Crippen LogP contribution in [-0.4, -0.2) is 67.5 Å². The monoisotopic (exact) mass is 645 g/mol. The van der Waals surface area contributed by atoms with E-state index in [-0.39, 0.29) is 24.3 Å². The number of halogens is 2. The van der Waals surface area contributed by atoms with Crippen LogP contribution in [0, 0.1) is 5.41 Å². The van der Waals surface area contributed by atoms with Crippen molar-refractivity contribution in [2.24, 2.45) is 5.41 Å². The number of aldehydes is 1. The summed E-state index contributed by atoms with van der Waals surface area (Å²) < 4.78 is 30.4. The summed E-state index contributed by atoms with van der Waals surface area (Å²) in [5.74, 6) is -0.325. The minimum atomic E-state index is -0.545. The molecule has 0 aromatic rings. The predicted molar refractivity (Wildman–Crippen MR) is 195 cm³/mol. The summed E-state index contributed by atoms with van der Waals surface area (Å²) in [5.41, 5.74) is 1.42. The van der Waals surface area contributed by atoms with Crippen molar-refractivity contribution in [1.82, 2.24) is 9.80 Å². The first-order chi connectivity index (χ1) is 21.0. The Balaban J connectivity index is -0.000000229. The lowest BCUT2D eigenvalue weighted by Gasteiger charge is -2.36. The van der Waals surface area contributed by atoms with Crippen LogP contribution in [0.2, 0.25) is 0 Å². The summed E-state index contributed by atoms with van der Waals surface area (Å²) in [6.07, 6.45) is 11.2. The molecule has 7 heteroatoms. The Morgan fingerprint density at radius 2 is 1.47 bits per heavy atom. The topological polar surface area (TPSA) is 49.9 Å². The Hall–Kier alpha value is -2.28. The molecule has 1 fully saturated rings. The third-order valence-corrected chi connectivity index (χ3v) is 5.24. The number of allylic oxidation sites excluding steroid dienone is 6. The standard InChI is InChI=1S/C21H35FN2O2.C6H10O.C5H12.C2H5F.2C2H6/c1-7-9-19(20(22)15-17(5)26-16(3)4)21(25)24-13-10-18(11-14-24)23(6)12-8-2;1-3-4-6(2)5-7;1-5(2,3)4;1-2-3;2*1-2/h7,9,15-16,18H,8,10-14H2,1-6H3;4-5H,3H2,1-2H3;1-4H3;2H2,1H3;2*1-2H3/b9-7-,17-15+,20-19-;6-4+;;;;. The van der Waals surface area contributed by atoms with Crippen molar-refractivity contribution < 1.29 is 23.1 Å². The minimum absolute atomic E-state index is 0.0287. The van der Waals surface area contributed by atoms with Gasteiger partial charge in [-0.3, -0.25) is 14.0 Å². The van der Waals surface area contributed by atoms with Crippen molar-refractivity contribution in [2.45, 2.75) is 149 Å². The van der Waals surface area contributed by atoms with Gasteiger partial charge in [-0.05, 0) is 91.8 Å². The lowest BCUT2D eigenvalue weighted by molar-refractivity contribution is -0.128. The maximum atomic E-state index is 14.7. The molecular formula is C38H74F2N2O3. The number of rotatable bonds is 10. The molecule has 0 spiro atoms. The fraction of sp³-hybridized carbons (Fsp3) is 0.737. The van der Waals surface area contributed by atoms with Gasteiger partial charge < -0.3 is 14.5 Å². The highest BCUT2D eigenvalue weighted by Crippen LogP contribution is 2.21. The average molecular weight is 645 g/mol. The minimum Gasteiger partial charge on any atom is -0.496 e. The van der Waals surface area contributed by atoms with E-state index in [2.05, 4.69) is 46.6 Å². The number of nitrogens with zero attached hydrogens (tertiary/aromatic N) is 2. The van der Waals surface area contributed by atoms with Gasteiger partial charge >= 0.3 is 0 Å². The van der Waals surface area contributed by atoms with Gasteiger partial charge in [0.05, 0.1) is 24.1 Å². The van der Waals surface area contributed by atoms with Crippen LogP contribution in [0.3, 0.4) is 0 Å². The van der Waals surface area contributed by atoms with Gasteiger partial charge in [0.1, 0.15) is 12.1 Å². The first kappa shape index (κ1) is 52.3. The zero-order valence-corrected chi connectivity index (χ0v) is 32.6. The van der Waals surface area contributed by atoms with Gasteiger partial charge in [0.15, 0.2) is 0 Å². The molecular weight excluding hydrogens is 570 g/mol. The van der Waals surface area contributed by atoms with E-state index in [1.807, 2.05) is 54.5 Å². The quantitative estimate of drug-likeness (QED) is 0.103. The molecule has 0 N–H and O–H groups in total. The first-order valence-corrected chi connectivity index (χ1v) is 17.1. The molecule has 1 aliphatic heterocycles. The van der Waals surface area contributed by atoms with E-state index < -0.39 is 5.83 Å². The molecule has 1 amide bonds. The summed E-state index contributed by atoms with van der Waals surface area (Å²) in [4.78, 5) is 26.8. The molecule has 0 unspecified atom stereocenters. The van der Waals surface area contributed by atoms with Crippen molar-refractivity contribution in [3.63, 3.8) is 0 Å². The lowest BCUT2D eigenvalue weighted by Crippen LogP contribution is -2.46. The molecule has 0 aromatic carbocycles. The maximum absolute atomic E-state index is 14.7. The molecule has 1 aliphatic rings. The summed E-state index contributed by atoms with van der Waals surface area (Å²) in [5, 5.41) is 0. The molecule has 268 valence electrons. The van der Waals surface area contributed by atoms with Crippen LogP contribution in [0.5, 0.6) is 0 Å². The maximum Gasteiger partial charge on any atom is 0.256 e. The van der Waals surface area contributed by atoms with Crippen LogP contribution in [0.25, 0.3) is 0 Å². The average Bonchev–Trinajstić information content (AvgIpc) is 2.97. The Labute approximate surface area is 279 Å². The SMILES string of the molecule is CC.CC.CC(C)(C)C.CC/C=C(\C)C=O.CCF.C\C=C/C(C(=O)N1CCC(N(C)CCC)CC1)=C(F)\C=C(/C)OC(C)C. The van der Waals surface area contributed by atoms with Crippen molar-refractivity contribution in [3.05, 3.63) is 47.0 Å². The van der Waals surface area contributed by atoms with E-state index in [0.29, 0.717) is 30.3 Å². The van der Waals surface area contributed by atoms with E-state index in [0.717, 1.165) is 44.1 Å². The molecule has 45 heavy (non-hydrogen) atoms. The molecule has 0 aliphatic carbocycles. The third-order valence-electron chi connectivity index (χ3n) is 5.24. The van der Waals surface area contributed by atoms with Gasteiger partial charge in [0.2, 0.25) is 0 Å². The number of alkyl halides is 1. The number of carbonyl (C=O) groups excluding carboxylic acids is 2. The lowest BCUT2D eigenvalue weighted by atomic mass is 10.0. The smallest absolute Gasteiger partial charge is 0.256 e. The normalized spacial score (nSPS) is 14.2. The zero-order valence-electron chi connectivity index (χ0n) is 32.6. The summed E-state index contributed by atoms with van der Waals surface area (Å²) in [7, 11) is 2.14. The Kier molecular flexibility index (Phi) is 40.2. The van der Waals surface area contributed by atoms with E-state index in [4.69, 9.17) is 4.74 Å². The predicted octanol–water partition coefficient (Wildman–Crippen LogP) is 11.1. The van der Waals surface area contributed by atoms with E-state index in [9.17, 15) is 18.4 Å². The number of carbonyl (C=O) groups is 2. The van der Waals surface area contributed by atoms with Gasteiger partial charge in [-0.15, -0.1) is 0 Å². The van der Waals surface area contributed by atoms with Crippen molar-refractivity contribution in [2.75, 3.05) is 33.4 Å². The van der Waals surface area contributed by atoms with Crippen LogP contribution >= 0.6 is 0 Å². The second-order valence-corrected chi connectivity index (χ2v) is 11.9. The highest BCUT2D eigenvalue weighted by atomic mass is 19.1. The highest BCUT2D eigenvalue weighted by molar-refractivity contribution is 5.97. The van der Waals surface area contributed by atoms with Gasteiger partial charge in [0.25, 0.3) is 5.91 Å².